The topological polar surface area (TPSA) is 83.2 Å². The third-order valence-electron chi connectivity index (χ3n) is 6.15. The number of anilines is 1. The van der Waals surface area contributed by atoms with E-state index in [1.807, 2.05) is 0 Å². The number of ketones is 1. The summed E-state index contributed by atoms with van der Waals surface area (Å²) in [5.41, 5.74) is 2.33. The van der Waals surface area contributed by atoms with Crippen molar-refractivity contribution in [1.29, 1.82) is 0 Å². The third-order valence-corrected chi connectivity index (χ3v) is 6.15. The van der Waals surface area contributed by atoms with Crippen LogP contribution in [0.5, 0.6) is 0 Å². The van der Waals surface area contributed by atoms with Crippen LogP contribution < -0.4 is 10.9 Å². The molecule has 166 valence electrons. The third kappa shape index (κ3) is 3.01. The smallest absolute Gasteiger partial charge is 0.165 e. The Morgan fingerprint density at radius 2 is 2.06 bits per heavy atom. The van der Waals surface area contributed by atoms with E-state index in [4.69, 9.17) is 5.84 Å². The van der Waals surface area contributed by atoms with Crippen molar-refractivity contribution in [1.82, 2.24) is 19.7 Å². The van der Waals surface area contributed by atoms with E-state index in [9.17, 15) is 18.1 Å². The molecule has 0 saturated carbocycles. The minimum Gasteiger partial charge on any atom is -0.355 e. The zero-order chi connectivity index (χ0) is 22.8. The molecule has 32 heavy (non-hydrogen) atoms. The minimum atomic E-state index is -0.954. The van der Waals surface area contributed by atoms with Gasteiger partial charge in [-0.25, -0.2) is 19.6 Å². The number of nitrogens with two attached hydrogens (primary N) is 1. The zero-order valence-electron chi connectivity index (χ0n) is 17.5. The fraction of sp³-hybridized carbons (Fsp3) is 0.273. The number of aromatic amines is 1. The first kappa shape index (κ1) is 20.4. The number of fused-ring (bicyclic) bond motifs is 2. The molecule has 0 fully saturated rings. The molecule has 0 unspecified atom stereocenters. The number of imidazole rings is 1. The summed E-state index contributed by atoms with van der Waals surface area (Å²) in [4.78, 5) is 20.3. The first-order valence-corrected chi connectivity index (χ1v) is 10.1. The number of benzene rings is 1. The Labute approximate surface area is 181 Å². The zero-order valence-corrected chi connectivity index (χ0v) is 17.5. The number of rotatable bonds is 3. The molecule has 2 aromatic heterocycles. The van der Waals surface area contributed by atoms with E-state index in [-0.39, 0.29) is 30.9 Å². The normalized spacial score (nSPS) is 17.0. The van der Waals surface area contributed by atoms with Crippen molar-refractivity contribution in [3.05, 3.63) is 64.9 Å². The highest BCUT2D eigenvalue weighted by molar-refractivity contribution is 5.96. The molecule has 5 rings (SSSR count). The Kier molecular flexibility index (Phi) is 4.45. The highest BCUT2D eigenvalue weighted by Gasteiger charge is 2.40. The van der Waals surface area contributed by atoms with Crippen LogP contribution in [0.4, 0.5) is 18.9 Å². The number of H-pyrrole nitrogens is 1. The van der Waals surface area contributed by atoms with Gasteiger partial charge in [-0.1, -0.05) is 16.6 Å². The maximum absolute atomic E-state index is 14.3. The van der Waals surface area contributed by atoms with Crippen molar-refractivity contribution >= 4 is 17.5 Å². The van der Waals surface area contributed by atoms with Crippen LogP contribution in [0.15, 0.2) is 30.5 Å². The van der Waals surface area contributed by atoms with Gasteiger partial charge in [0.25, 0.3) is 0 Å². The van der Waals surface area contributed by atoms with Crippen LogP contribution in [-0.4, -0.2) is 31.0 Å². The molecule has 1 aromatic carbocycles. The average Bonchev–Trinajstić information content (AvgIpc) is 3.31. The Morgan fingerprint density at radius 1 is 1.28 bits per heavy atom. The average molecular weight is 442 g/mol. The number of hydrogen-bond donors (Lipinski definition) is 2. The van der Waals surface area contributed by atoms with Gasteiger partial charge in [0, 0.05) is 18.3 Å². The van der Waals surface area contributed by atoms with Crippen molar-refractivity contribution in [2.75, 3.05) is 5.01 Å². The van der Waals surface area contributed by atoms with Crippen molar-refractivity contribution in [3.8, 4) is 11.4 Å². The number of Topliss-reactive ketones (excluding diaryl/α,β-unsaturated/α-hetero) is 1. The van der Waals surface area contributed by atoms with Crippen molar-refractivity contribution < 1.29 is 18.1 Å². The van der Waals surface area contributed by atoms with E-state index in [1.165, 1.54) is 23.3 Å². The summed E-state index contributed by atoms with van der Waals surface area (Å²) < 4.78 is 43.6. The Bertz CT molecular complexity index is 1270. The molecule has 0 radical (unpaired) electrons. The lowest BCUT2D eigenvalue weighted by atomic mass is 9.90. The summed E-state index contributed by atoms with van der Waals surface area (Å²) in [5.74, 6) is 4.66. The SMILES string of the molecule is CC1(C)C(=O)Cc2[nH]c(-c3nc(Cc4cccc(F)c4F)n4c3C=CN(F)C4)cc2N1N. The summed E-state index contributed by atoms with van der Waals surface area (Å²) >= 11 is 0. The molecular formula is C22H21F3N6O. The predicted octanol–water partition coefficient (Wildman–Crippen LogP) is 3.46. The largest absolute Gasteiger partial charge is 0.355 e. The molecule has 0 bridgehead atoms. The van der Waals surface area contributed by atoms with Gasteiger partial charge in [-0.05, 0) is 37.6 Å². The number of hydrogen-bond acceptors (Lipinski definition) is 5. The molecule has 0 aliphatic carbocycles. The van der Waals surface area contributed by atoms with Gasteiger partial charge < -0.3 is 9.55 Å². The number of nitrogens with one attached hydrogen (secondary N) is 1. The number of hydrazine groups is 1. The number of halogens is 3. The number of carbonyl (C=O) groups excluding carboxylic acids is 1. The van der Waals surface area contributed by atoms with Gasteiger partial charge in [0.05, 0.1) is 23.5 Å². The van der Waals surface area contributed by atoms with Gasteiger partial charge in [-0.15, -0.1) is 0 Å². The molecule has 7 nitrogen and oxygen atoms in total. The molecule has 3 N–H and O–H groups in total. The van der Waals surface area contributed by atoms with Crippen molar-refractivity contribution in [2.45, 2.75) is 38.9 Å². The number of nitrogens with zero attached hydrogens (tertiary/aromatic N) is 4. The van der Waals surface area contributed by atoms with Crippen LogP contribution in [0.1, 0.15) is 36.6 Å². The maximum Gasteiger partial charge on any atom is 0.165 e. The first-order chi connectivity index (χ1) is 15.2. The predicted molar refractivity (Wildman–Crippen MR) is 113 cm³/mol. The minimum absolute atomic E-state index is 0.0206. The summed E-state index contributed by atoms with van der Waals surface area (Å²) in [6.45, 7) is 3.38. The van der Waals surface area contributed by atoms with E-state index < -0.39 is 17.2 Å². The van der Waals surface area contributed by atoms with Gasteiger partial charge in [-0.2, -0.15) is 5.12 Å². The number of carbonyl (C=O) groups is 1. The molecular weight excluding hydrogens is 421 g/mol. The molecule has 0 spiro atoms. The lowest BCUT2D eigenvalue weighted by molar-refractivity contribution is -0.123. The van der Waals surface area contributed by atoms with Crippen LogP contribution in [0.2, 0.25) is 0 Å². The van der Waals surface area contributed by atoms with E-state index in [2.05, 4.69) is 9.97 Å². The molecule has 2 aliphatic rings. The summed E-state index contributed by atoms with van der Waals surface area (Å²) in [7, 11) is 0. The molecule has 4 heterocycles. The monoisotopic (exact) mass is 442 g/mol. The van der Waals surface area contributed by atoms with Crippen LogP contribution in [0, 0.1) is 11.6 Å². The molecule has 10 heteroatoms. The summed E-state index contributed by atoms with van der Waals surface area (Å²) in [6, 6.07) is 5.74. The van der Waals surface area contributed by atoms with Gasteiger partial charge in [-0.3, -0.25) is 9.80 Å². The van der Waals surface area contributed by atoms with E-state index in [1.54, 1.807) is 30.6 Å². The standard InChI is InChI=1S/C22H21F3N6O/c1-22(2)18(32)10-14-17(31(22)26)9-15(27-14)21-16-6-7-29(25)11-30(16)19(28-21)8-12-4-3-5-13(23)20(12)24/h3-7,9,27H,8,10-11,26H2,1-2H3. The van der Waals surface area contributed by atoms with Gasteiger partial charge in [0.1, 0.15) is 23.7 Å². The summed E-state index contributed by atoms with van der Waals surface area (Å²) in [5, 5.41) is 1.91. The fourth-order valence-corrected chi connectivity index (χ4v) is 4.14. The first-order valence-electron chi connectivity index (χ1n) is 10.1. The molecule has 0 atom stereocenters. The van der Waals surface area contributed by atoms with E-state index >= 15 is 0 Å². The second kappa shape index (κ2) is 6.99. The lowest BCUT2D eigenvalue weighted by Gasteiger charge is -2.38. The maximum atomic E-state index is 14.3. The molecule has 2 aliphatic heterocycles. The number of aromatic nitrogens is 3. The second-order valence-corrected chi connectivity index (χ2v) is 8.51. The van der Waals surface area contributed by atoms with Gasteiger partial charge in [0.15, 0.2) is 17.4 Å². The van der Waals surface area contributed by atoms with Crippen LogP contribution in [-0.2, 0) is 24.3 Å². The summed E-state index contributed by atoms with van der Waals surface area (Å²) in [6.07, 6.45) is 3.01. The van der Waals surface area contributed by atoms with Crippen LogP contribution >= 0.6 is 0 Å². The Hall–Kier alpha value is -3.53. The van der Waals surface area contributed by atoms with Crippen molar-refractivity contribution in [3.63, 3.8) is 0 Å². The lowest BCUT2D eigenvalue weighted by Crippen LogP contribution is -2.57. The molecule has 0 amide bonds. The Balaban J connectivity index is 1.61. The highest BCUT2D eigenvalue weighted by Crippen LogP contribution is 2.37. The fourth-order valence-electron chi connectivity index (χ4n) is 4.14. The van der Waals surface area contributed by atoms with Crippen LogP contribution in [0.25, 0.3) is 17.5 Å². The highest BCUT2D eigenvalue weighted by atomic mass is 19.2. The van der Waals surface area contributed by atoms with Gasteiger partial charge >= 0.3 is 0 Å². The Morgan fingerprint density at radius 3 is 2.84 bits per heavy atom. The molecule has 3 aromatic rings. The molecule has 0 saturated heterocycles. The quantitative estimate of drug-likeness (QED) is 0.480. The van der Waals surface area contributed by atoms with Gasteiger partial charge in [0.2, 0.25) is 0 Å². The van der Waals surface area contributed by atoms with Crippen LogP contribution in [0.3, 0.4) is 0 Å². The van der Waals surface area contributed by atoms with E-state index in [0.717, 1.165) is 6.07 Å². The second-order valence-electron chi connectivity index (χ2n) is 8.51. The van der Waals surface area contributed by atoms with E-state index in [0.29, 0.717) is 39.4 Å². The van der Waals surface area contributed by atoms with Crippen molar-refractivity contribution in [2.24, 2.45) is 5.84 Å².